The van der Waals surface area contributed by atoms with Crippen LogP contribution in [0.4, 0.5) is 0 Å². The molecule has 1 saturated carbocycles. The van der Waals surface area contributed by atoms with E-state index in [0.717, 1.165) is 30.2 Å². The molecule has 1 N–H and O–H groups in total. The average molecular weight is 389 g/mol. The molecular weight excluding hydrogens is 366 g/mol. The smallest absolute Gasteiger partial charge is 0.275 e. The van der Waals surface area contributed by atoms with E-state index in [-0.39, 0.29) is 23.3 Å². The van der Waals surface area contributed by atoms with Gasteiger partial charge in [0, 0.05) is 49.5 Å². The van der Waals surface area contributed by atoms with E-state index >= 15 is 0 Å². The van der Waals surface area contributed by atoms with Gasteiger partial charge >= 0.3 is 0 Å². The van der Waals surface area contributed by atoms with Gasteiger partial charge in [-0.3, -0.25) is 19.3 Å². The molecule has 7 nitrogen and oxygen atoms in total. The molecule has 2 aromatic heterocycles. The molecule has 0 radical (unpaired) electrons. The predicted octanol–water partition coefficient (Wildman–Crippen LogP) is 2.39. The maximum absolute atomic E-state index is 13.1. The molecular formula is C22H23N5O2. The Balaban J connectivity index is 1.23. The van der Waals surface area contributed by atoms with E-state index in [1.54, 1.807) is 29.2 Å². The van der Waals surface area contributed by atoms with Crippen molar-refractivity contribution in [2.75, 3.05) is 13.1 Å². The number of para-hydroxylation sites is 1. The molecule has 5 rings (SSSR count). The van der Waals surface area contributed by atoms with Gasteiger partial charge in [0.1, 0.15) is 0 Å². The Morgan fingerprint density at radius 3 is 2.59 bits per heavy atom. The molecule has 29 heavy (non-hydrogen) atoms. The maximum Gasteiger partial charge on any atom is 0.275 e. The highest BCUT2D eigenvalue weighted by Crippen LogP contribution is 2.54. The fourth-order valence-corrected chi connectivity index (χ4v) is 4.53. The number of hydrogen-bond acceptors (Lipinski definition) is 4. The minimum atomic E-state index is -0.0484. The van der Waals surface area contributed by atoms with Crippen LogP contribution < -0.4 is 5.32 Å². The number of carbonyl (C=O) groups excluding carboxylic acids is 2. The first kappa shape index (κ1) is 17.8. The van der Waals surface area contributed by atoms with Crippen molar-refractivity contribution in [2.45, 2.75) is 25.3 Å². The number of amides is 2. The van der Waals surface area contributed by atoms with Crippen molar-refractivity contribution in [2.24, 2.45) is 12.5 Å². The average Bonchev–Trinajstić information content (AvgIpc) is 3.30. The number of pyridine rings is 1. The molecule has 2 fully saturated rings. The minimum Gasteiger partial charge on any atom is -0.349 e. The quantitative estimate of drug-likeness (QED) is 0.746. The summed E-state index contributed by atoms with van der Waals surface area (Å²) in [5, 5.41) is 8.51. The number of likely N-dealkylation sites (tertiary alicyclic amines) is 1. The first-order valence-electron chi connectivity index (χ1n) is 9.99. The van der Waals surface area contributed by atoms with Crippen LogP contribution in [0.25, 0.3) is 10.9 Å². The van der Waals surface area contributed by atoms with Gasteiger partial charge in [-0.2, -0.15) is 5.10 Å². The van der Waals surface area contributed by atoms with Crippen molar-refractivity contribution in [3.8, 4) is 0 Å². The summed E-state index contributed by atoms with van der Waals surface area (Å²) in [6, 6.07) is 11.5. The molecule has 2 amide bonds. The fourth-order valence-electron chi connectivity index (χ4n) is 4.53. The molecule has 1 saturated heterocycles. The largest absolute Gasteiger partial charge is 0.349 e. The zero-order valence-corrected chi connectivity index (χ0v) is 16.3. The number of carbonyl (C=O) groups is 2. The topological polar surface area (TPSA) is 80.1 Å². The summed E-state index contributed by atoms with van der Waals surface area (Å²) in [5.74, 6) is -0.0533. The van der Waals surface area contributed by atoms with E-state index in [4.69, 9.17) is 0 Å². The van der Waals surface area contributed by atoms with E-state index in [0.29, 0.717) is 24.3 Å². The van der Waals surface area contributed by atoms with Gasteiger partial charge in [0.2, 0.25) is 0 Å². The van der Waals surface area contributed by atoms with Gasteiger partial charge in [0.05, 0.1) is 5.52 Å². The molecule has 2 aliphatic rings. The molecule has 1 aromatic carbocycles. The summed E-state index contributed by atoms with van der Waals surface area (Å²) < 4.78 is 1.76. The van der Waals surface area contributed by atoms with Crippen LogP contribution in [0.1, 0.15) is 40.1 Å². The van der Waals surface area contributed by atoms with Crippen molar-refractivity contribution < 1.29 is 9.59 Å². The van der Waals surface area contributed by atoms with Crippen LogP contribution in [0.5, 0.6) is 0 Å². The van der Waals surface area contributed by atoms with Crippen LogP contribution >= 0.6 is 0 Å². The van der Waals surface area contributed by atoms with Crippen LogP contribution in [0.3, 0.4) is 0 Å². The van der Waals surface area contributed by atoms with E-state index in [1.807, 2.05) is 36.2 Å². The van der Waals surface area contributed by atoms with Gasteiger partial charge in [0.15, 0.2) is 5.69 Å². The lowest BCUT2D eigenvalue weighted by molar-refractivity contribution is 0.0663. The van der Waals surface area contributed by atoms with Crippen LogP contribution in [0, 0.1) is 5.41 Å². The van der Waals surface area contributed by atoms with Crippen LogP contribution in [0.15, 0.2) is 48.8 Å². The molecule has 0 bridgehead atoms. The van der Waals surface area contributed by atoms with Gasteiger partial charge in [-0.1, -0.05) is 18.2 Å². The third kappa shape index (κ3) is 3.06. The Labute approximate surface area is 168 Å². The number of fused-ring (bicyclic) bond motifs is 1. The third-order valence-corrected chi connectivity index (χ3v) is 6.44. The first-order chi connectivity index (χ1) is 14.1. The molecule has 3 aromatic rings. The van der Waals surface area contributed by atoms with E-state index in [1.165, 1.54) is 0 Å². The van der Waals surface area contributed by atoms with Gasteiger partial charge in [0.25, 0.3) is 11.8 Å². The normalized spacial score (nSPS) is 20.0. The van der Waals surface area contributed by atoms with Gasteiger partial charge in [-0.15, -0.1) is 0 Å². The second kappa shape index (κ2) is 6.69. The number of aromatic nitrogens is 3. The molecule has 1 unspecified atom stereocenters. The summed E-state index contributed by atoms with van der Waals surface area (Å²) in [6.45, 7) is 1.40. The van der Waals surface area contributed by atoms with Crippen molar-refractivity contribution in [3.63, 3.8) is 0 Å². The van der Waals surface area contributed by atoms with Crippen molar-refractivity contribution in [3.05, 3.63) is 60.0 Å². The van der Waals surface area contributed by atoms with Crippen LogP contribution in [0.2, 0.25) is 0 Å². The molecule has 1 aliphatic heterocycles. The summed E-state index contributed by atoms with van der Waals surface area (Å²) in [5.41, 5.74) is 2.26. The second-order valence-electron chi connectivity index (χ2n) is 8.11. The highest BCUT2D eigenvalue weighted by molar-refractivity contribution is 6.04. The van der Waals surface area contributed by atoms with Crippen LogP contribution in [-0.2, 0) is 7.05 Å². The Bertz CT molecular complexity index is 1080. The number of nitrogens with zero attached hydrogens (tertiary/aromatic N) is 4. The number of piperidine rings is 1. The number of hydrogen-bond donors (Lipinski definition) is 1. The Morgan fingerprint density at radius 2 is 1.83 bits per heavy atom. The number of benzene rings is 1. The predicted molar refractivity (Wildman–Crippen MR) is 108 cm³/mol. The van der Waals surface area contributed by atoms with E-state index < -0.39 is 0 Å². The SMILES string of the molecule is Cn1nc(C(=O)N2CCC3(CC2)CC3NC(=O)c2ccncc2)c2ccccc21. The maximum atomic E-state index is 13.1. The van der Waals surface area contributed by atoms with Crippen molar-refractivity contribution in [1.82, 2.24) is 25.0 Å². The lowest BCUT2D eigenvalue weighted by Crippen LogP contribution is -2.42. The van der Waals surface area contributed by atoms with Gasteiger partial charge < -0.3 is 10.2 Å². The lowest BCUT2D eigenvalue weighted by atomic mass is 9.92. The van der Waals surface area contributed by atoms with Gasteiger partial charge in [-0.05, 0) is 42.9 Å². The zero-order valence-electron chi connectivity index (χ0n) is 16.3. The highest BCUT2D eigenvalue weighted by Gasteiger charge is 2.56. The fraction of sp³-hybridized carbons (Fsp3) is 0.364. The minimum absolute atomic E-state index is 0.00493. The Hall–Kier alpha value is -3.22. The first-order valence-corrected chi connectivity index (χ1v) is 9.99. The molecule has 1 spiro atoms. The summed E-state index contributed by atoms with van der Waals surface area (Å²) >= 11 is 0. The van der Waals surface area contributed by atoms with E-state index in [9.17, 15) is 9.59 Å². The lowest BCUT2D eigenvalue weighted by Gasteiger charge is -2.32. The van der Waals surface area contributed by atoms with Crippen molar-refractivity contribution in [1.29, 1.82) is 0 Å². The van der Waals surface area contributed by atoms with E-state index in [2.05, 4.69) is 15.4 Å². The molecule has 148 valence electrons. The molecule has 3 heterocycles. The third-order valence-electron chi connectivity index (χ3n) is 6.44. The Morgan fingerprint density at radius 1 is 1.10 bits per heavy atom. The second-order valence-corrected chi connectivity index (χ2v) is 8.11. The highest BCUT2D eigenvalue weighted by atomic mass is 16.2. The van der Waals surface area contributed by atoms with Crippen molar-refractivity contribution >= 4 is 22.7 Å². The standard InChI is InChI=1S/C22H23N5O2/c1-26-17-5-3-2-4-16(17)19(25-26)21(29)27-12-8-22(9-13-27)14-18(22)24-20(28)15-6-10-23-11-7-15/h2-7,10-11,18H,8-9,12-14H2,1H3,(H,24,28). The monoisotopic (exact) mass is 389 g/mol. The van der Waals surface area contributed by atoms with Crippen LogP contribution in [-0.4, -0.2) is 50.6 Å². The molecule has 1 aliphatic carbocycles. The molecule has 7 heteroatoms. The number of nitrogens with one attached hydrogen (secondary N) is 1. The summed E-state index contributed by atoms with van der Waals surface area (Å²) in [4.78, 5) is 31.3. The number of aryl methyl sites for hydroxylation is 1. The Kier molecular flexibility index (Phi) is 4.12. The summed E-state index contributed by atoms with van der Waals surface area (Å²) in [7, 11) is 1.87. The van der Waals surface area contributed by atoms with Gasteiger partial charge in [-0.25, -0.2) is 0 Å². The summed E-state index contributed by atoms with van der Waals surface area (Å²) in [6.07, 6.45) is 6.06. The molecule has 1 atom stereocenters. The zero-order chi connectivity index (χ0) is 20.0. The number of rotatable bonds is 3.